The number of nitrogens with zero attached hydrogens (tertiary/aromatic N) is 1. The summed E-state index contributed by atoms with van der Waals surface area (Å²) in [5.41, 5.74) is 4.78. The minimum atomic E-state index is -3.73. The fourth-order valence-corrected chi connectivity index (χ4v) is 6.31. The Morgan fingerprint density at radius 3 is 2.67 bits per heavy atom. The first-order valence-corrected chi connectivity index (χ1v) is 9.71. The zero-order valence-corrected chi connectivity index (χ0v) is 14.8. The molecule has 1 fully saturated rings. The van der Waals surface area contributed by atoms with Gasteiger partial charge in [-0.3, -0.25) is 0 Å². The Morgan fingerprint density at radius 1 is 1.57 bits per heavy atom. The fraction of sp³-hybridized carbons (Fsp3) is 0.583. The molecule has 0 spiro atoms. The van der Waals surface area contributed by atoms with Gasteiger partial charge >= 0.3 is 0 Å². The Balaban J connectivity index is 2.34. The number of oxime groups is 1. The van der Waals surface area contributed by atoms with Crippen molar-refractivity contribution in [2.24, 2.45) is 16.8 Å². The molecule has 2 rings (SSSR count). The second-order valence-corrected chi connectivity index (χ2v) is 9.06. The average molecular weight is 396 g/mol. The monoisotopic (exact) mass is 395 g/mol. The fourth-order valence-electron chi connectivity index (χ4n) is 2.54. The van der Waals surface area contributed by atoms with E-state index < -0.39 is 15.6 Å². The third kappa shape index (κ3) is 3.41. The number of amidine groups is 1. The maximum atomic E-state index is 12.6. The summed E-state index contributed by atoms with van der Waals surface area (Å²) in [5.74, 6) is 0.424. The Bertz CT molecular complexity index is 634. The van der Waals surface area contributed by atoms with Crippen molar-refractivity contribution in [3.63, 3.8) is 0 Å². The van der Waals surface area contributed by atoms with Crippen LogP contribution < -0.4 is 10.5 Å². The lowest BCUT2D eigenvalue weighted by Crippen LogP contribution is -2.58. The number of sulfonamides is 1. The van der Waals surface area contributed by atoms with Crippen LogP contribution in [0.25, 0.3) is 0 Å². The summed E-state index contributed by atoms with van der Waals surface area (Å²) in [6.07, 6.45) is 2.69. The Kier molecular flexibility index (Phi) is 4.96. The summed E-state index contributed by atoms with van der Waals surface area (Å²) in [6, 6.07) is 1.68. The van der Waals surface area contributed by atoms with Gasteiger partial charge < -0.3 is 10.9 Å². The van der Waals surface area contributed by atoms with Crippen LogP contribution in [0.4, 0.5) is 0 Å². The number of hydrogen-bond acceptors (Lipinski definition) is 5. The van der Waals surface area contributed by atoms with E-state index in [0.717, 1.165) is 24.2 Å². The highest BCUT2D eigenvalue weighted by atomic mass is 79.9. The van der Waals surface area contributed by atoms with Crippen LogP contribution in [-0.2, 0) is 10.0 Å². The molecule has 0 amide bonds. The molecule has 118 valence electrons. The number of thiophene rings is 1. The van der Waals surface area contributed by atoms with Gasteiger partial charge in [0.2, 0.25) is 0 Å². The minimum Gasteiger partial charge on any atom is -0.409 e. The van der Waals surface area contributed by atoms with Crippen LogP contribution in [0, 0.1) is 5.92 Å². The molecule has 1 aromatic heterocycles. The van der Waals surface area contributed by atoms with Gasteiger partial charge in [-0.2, -0.15) is 4.72 Å². The maximum absolute atomic E-state index is 12.6. The molecule has 0 atom stereocenters. The highest BCUT2D eigenvalue weighted by molar-refractivity contribution is 9.10. The third-order valence-corrected chi connectivity index (χ3v) is 8.09. The molecule has 4 N–H and O–H groups in total. The van der Waals surface area contributed by atoms with Crippen molar-refractivity contribution in [2.75, 3.05) is 0 Å². The van der Waals surface area contributed by atoms with Crippen molar-refractivity contribution in [1.29, 1.82) is 0 Å². The smallest absolute Gasteiger partial charge is 0.252 e. The predicted octanol–water partition coefficient (Wildman–Crippen LogP) is 2.48. The molecule has 0 bridgehead atoms. The van der Waals surface area contributed by atoms with Crippen molar-refractivity contribution >= 4 is 43.1 Å². The van der Waals surface area contributed by atoms with E-state index in [2.05, 4.69) is 32.7 Å². The first-order valence-electron chi connectivity index (χ1n) is 6.56. The summed E-state index contributed by atoms with van der Waals surface area (Å²) in [6.45, 7) is 2.11. The first-order chi connectivity index (χ1) is 9.81. The summed E-state index contributed by atoms with van der Waals surface area (Å²) in [7, 11) is -3.73. The van der Waals surface area contributed by atoms with Crippen LogP contribution in [0.5, 0.6) is 0 Å². The molecule has 21 heavy (non-hydrogen) atoms. The van der Waals surface area contributed by atoms with E-state index in [1.165, 1.54) is 0 Å². The molecule has 0 aromatic carbocycles. The molecule has 9 heteroatoms. The zero-order chi connectivity index (χ0) is 15.7. The Hall–Kier alpha value is -0.640. The van der Waals surface area contributed by atoms with Crippen LogP contribution in [0.1, 0.15) is 32.6 Å². The van der Waals surface area contributed by atoms with Gasteiger partial charge in [0.15, 0.2) is 5.84 Å². The lowest BCUT2D eigenvalue weighted by molar-refractivity contribution is 0.267. The molecule has 1 heterocycles. The van der Waals surface area contributed by atoms with Gasteiger partial charge in [0.25, 0.3) is 10.0 Å². The van der Waals surface area contributed by atoms with Crippen molar-refractivity contribution in [3.05, 3.63) is 15.9 Å². The van der Waals surface area contributed by atoms with E-state index in [0.29, 0.717) is 23.2 Å². The van der Waals surface area contributed by atoms with Crippen LogP contribution in [-0.4, -0.2) is 25.0 Å². The highest BCUT2D eigenvalue weighted by Gasteiger charge is 2.42. The number of rotatable bonds is 4. The summed E-state index contributed by atoms with van der Waals surface area (Å²) in [4.78, 5) is 0. The molecule has 0 unspecified atom stereocenters. The van der Waals surface area contributed by atoms with Gasteiger partial charge in [0, 0.05) is 4.47 Å². The van der Waals surface area contributed by atoms with E-state index >= 15 is 0 Å². The number of hydrogen-bond donors (Lipinski definition) is 3. The summed E-state index contributed by atoms with van der Waals surface area (Å²) < 4.78 is 28.5. The summed E-state index contributed by atoms with van der Waals surface area (Å²) in [5, 5.41) is 13.8. The van der Waals surface area contributed by atoms with Gasteiger partial charge in [-0.05, 0) is 59.0 Å². The Labute approximate surface area is 136 Å². The second-order valence-electron chi connectivity index (χ2n) is 5.41. The molecular formula is C12H18BrN3O3S2. The van der Waals surface area contributed by atoms with Gasteiger partial charge in [-0.25, -0.2) is 8.42 Å². The quantitative estimate of drug-likeness (QED) is 0.315. The summed E-state index contributed by atoms with van der Waals surface area (Å²) >= 11 is 4.35. The number of nitrogens with one attached hydrogen (secondary N) is 1. The lowest BCUT2D eigenvalue weighted by Gasteiger charge is -2.38. The molecule has 1 saturated carbocycles. The standard InChI is InChI=1S/C12H18BrN3O3S2/c1-8-2-5-12(6-3-8,11(14)15-17)16-21(18,19)10-9(13)4-7-20-10/h4,7-8,16-17H,2-3,5-6H2,1H3,(H2,14,15). The topological polar surface area (TPSA) is 105 Å². The third-order valence-electron chi connectivity index (χ3n) is 3.88. The average Bonchev–Trinajstić information content (AvgIpc) is 2.87. The lowest BCUT2D eigenvalue weighted by atomic mass is 9.77. The highest BCUT2D eigenvalue weighted by Crippen LogP contribution is 2.35. The van der Waals surface area contributed by atoms with E-state index in [1.54, 1.807) is 11.4 Å². The number of halogens is 1. The molecule has 6 nitrogen and oxygen atoms in total. The van der Waals surface area contributed by atoms with Crippen molar-refractivity contribution < 1.29 is 13.6 Å². The van der Waals surface area contributed by atoms with E-state index in [-0.39, 0.29) is 10.0 Å². The maximum Gasteiger partial charge on any atom is 0.252 e. The first kappa shape index (κ1) is 16.7. The van der Waals surface area contributed by atoms with E-state index in [9.17, 15) is 8.42 Å². The minimum absolute atomic E-state index is 0.0781. The van der Waals surface area contributed by atoms with Crippen molar-refractivity contribution in [1.82, 2.24) is 4.72 Å². The molecule has 0 saturated heterocycles. The zero-order valence-electron chi connectivity index (χ0n) is 11.5. The Morgan fingerprint density at radius 2 is 2.19 bits per heavy atom. The SMILES string of the molecule is CC1CCC(NS(=O)(=O)c2sccc2Br)(C(N)=NO)CC1. The molecule has 1 aromatic rings. The molecule has 1 aliphatic carbocycles. The predicted molar refractivity (Wildman–Crippen MR) is 86.1 cm³/mol. The van der Waals surface area contributed by atoms with Crippen LogP contribution in [0.15, 0.2) is 25.3 Å². The van der Waals surface area contributed by atoms with Crippen LogP contribution >= 0.6 is 27.3 Å². The van der Waals surface area contributed by atoms with Gasteiger partial charge in [-0.15, -0.1) is 11.3 Å². The van der Waals surface area contributed by atoms with Crippen LogP contribution in [0.3, 0.4) is 0 Å². The number of nitrogens with two attached hydrogens (primary N) is 1. The van der Waals surface area contributed by atoms with Crippen LogP contribution in [0.2, 0.25) is 0 Å². The largest absolute Gasteiger partial charge is 0.409 e. The van der Waals surface area contributed by atoms with Crippen molar-refractivity contribution in [3.8, 4) is 0 Å². The molecule has 0 radical (unpaired) electrons. The molecule has 1 aliphatic rings. The normalized spacial score (nSPS) is 27.7. The molecular weight excluding hydrogens is 378 g/mol. The van der Waals surface area contributed by atoms with Crippen molar-refractivity contribution in [2.45, 2.75) is 42.4 Å². The second kappa shape index (κ2) is 6.23. The molecule has 0 aliphatic heterocycles. The van der Waals surface area contributed by atoms with Gasteiger partial charge in [0.1, 0.15) is 4.21 Å². The van der Waals surface area contributed by atoms with Gasteiger partial charge in [0.05, 0.1) is 5.54 Å². The van der Waals surface area contributed by atoms with E-state index in [1.807, 2.05) is 0 Å². The van der Waals surface area contributed by atoms with Gasteiger partial charge in [-0.1, -0.05) is 12.1 Å². The van der Waals surface area contributed by atoms with E-state index in [4.69, 9.17) is 10.9 Å².